The third-order valence-electron chi connectivity index (χ3n) is 3.31. The van der Waals surface area contributed by atoms with Crippen LogP contribution in [0.15, 0.2) is 54.6 Å². The molecule has 0 amide bonds. The first kappa shape index (κ1) is 10.4. The van der Waals surface area contributed by atoms with Crippen molar-refractivity contribution in [2.75, 3.05) is 4.90 Å². The Balaban J connectivity index is 2.15. The summed E-state index contributed by atoms with van der Waals surface area (Å²) in [5, 5.41) is 0. The van der Waals surface area contributed by atoms with Crippen molar-refractivity contribution in [1.29, 1.82) is 0 Å². The number of nitrogens with two attached hydrogens (primary N) is 1. The highest BCUT2D eigenvalue weighted by Gasteiger charge is 2.36. The summed E-state index contributed by atoms with van der Waals surface area (Å²) < 4.78 is 0. The van der Waals surface area contributed by atoms with E-state index in [2.05, 4.69) is 48.2 Å². The zero-order chi connectivity index (χ0) is 11.9. The molecule has 1 aliphatic heterocycles. The summed E-state index contributed by atoms with van der Waals surface area (Å²) in [5.41, 5.74) is 9.79. The number of fused-ring (bicyclic) bond motifs is 1. The number of nitrogens with zero attached hydrogens (tertiary/aromatic N) is 1. The Labute approximate surface area is 102 Å². The molecule has 0 fully saturated rings. The van der Waals surface area contributed by atoms with Crippen LogP contribution in [-0.2, 0) is 6.42 Å². The monoisotopic (exact) mass is 224 g/mol. The van der Waals surface area contributed by atoms with Gasteiger partial charge in [0, 0.05) is 17.8 Å². The molecule has 1 heterocycles. The number of para-hydroxylation sites is 2. The van der Waals surface area contributed by atoms with E-state index in [0.29, 0.717) is 0 Å². The van der Waals surface area contributed by atoms with Gasteiger partial charge in [0.2, 0.25) is 0 Å². The first-order valence-electron chi connectivity index (χ1n) is 5.90. The number of rotatable bonds is 1. The molecule has 2 aromatic rings. The summed E-state index contributed by atoms with van der Waals surface area (Å²) in [6.45, 7) is 2.08. The van der Waals surface area contributed by atoms with E-state index >= 15 is 0 Å². The lowest BCUT2D eigenvalue weighted by Crippen LogP contribution is -2.49. The Bertz CT molecular complexity index is 532. The molecule has 0 saturated carbocycles. The molecule has 0 aliphatic carbocycles. The number of hydrogen-bond acceptors (Lipinski definition) is 2. The van der Waals surface area contributed by atoms with Gasteiger partial charge in [-0.3, -0.25) is 0 Å². The molecule has 3 rings (SSSR count). The molecule has 1 unspecified atom stereocenters. The van der Waals surface area contributed by atoms with Gasteiger partial charge in [0.25, 0.3) is 0 Å². The third-order valence-corrected chi connectivity index (χ3v) is 3.31. The van der Waals surface area contributed by atoms with E-state index in [0.717, 1.165) is 12.1 Å². The molecular formula is C15H16N2. The highest BCUT2D eigenvalue weighted by molar-refractivity contribution is 5.72. The lowest BCUT2D eigenvalue weighted by Gasteiger charge is -2.33. The van der Waals surface area contributed by atoms with Gasteiger partial charge in [-0.2, -0.15) is 0 Å². The van der Waals surface area contributed by atoms with Crippen molar-refractivity contribution in [2.24, 2.45) is 5.73 Å². The van der Waals surface area contributed by atoms with Crippen LogP contribution in [0.4, 0.5) is 11.4 Å². The predicted octanol–water partition coefficient (Wildman–Crippen LogP) is 3.06. The smallest absolute Gasteiger partial charge is 0.0945 e. The van der Waals surface area contributed by atoms with Crippen LogP contribution in [-0.4, -0.2) is 5.66 Å². The van der Waals surface area contributed by atoms with Gasteiger partial charge in [0.05, 0.1) is 5.66 Å². The van der Waals surface area contributed by atoms with E-state index in [-0.39, 0.29) is 5.66 Å². The van der Waals surface area contributed by atoms with E-state index < -0.39 is 0 Å². The van der Waals surface area contributed by atoms with Gasteiger partial charge in [-0.1, -0.05) is 36.4 Å². The van der Waals surface area contributed by atoms with Gasteiger partial charge in [-0.05, 0) is 30.7 Å². The molecule has 0 saturated heterocycles. The SMILES string of the molecule is CC1(N)Cc2ccccc2N1c1ccccc1. The van der Waals surface area contributed by atoms with Crippen molar-refractivity contribution >= 4 is 11.4 Å². The topological polar surface area (TPSA) is 29.3 Å². The van der Waals surface area contributed by atoms with Crippen LogP contribution in [0.25, 0.3) is 0 Å². The molecule has 0 radical (unpaired) electrons. The van der Waals surface area contributed by atoms with Crippen molar-refractivity contribution in [3.05, 3.63) is 60.2 Å². The number of anilines is 2. The Morgan fingerprint density at radius 2 is 1.65 bits per heavy atom. The van der Waals surface area contributed by atoms with Gasteiger partial charge in [-0.25, -0.2) is 0 Å². The first-order valence-corrected chi connectivity index (χ1v) is 5.90. The van der Waals surface area contributed by atoms with Crippen LogP contribution in [0, 0.1) is 0 Å². The van der Waals surface area contributed by atoms with E-state index in [1.54, 1.807) is 0 Å². The molecule has 2 nitrogen and oxygen atoms in total. The van der Waals surface area contributed by atoms with Crippen LogP contribution >= 0.6 is 0 Å². The molecule has 0 bridgehead atoms. The average Bonchev–Trinajstić information content (AvgIpc) is 2.60. The Morgan fingerprint density at radius 1 is 1.00 bits per heavy atom. The van der Waals surface area contributed by atoms with E-state index in [1.165, 1.54) is 11.3 Å². The molecule has 2 N–H and O–H groups in total. The lowest BCUT2D eigenvalue weighted by molar-refractivity contribution is 0.504. The molecule has 1 aliphatic rings. The molecular weight excluding hydrogens is 208 g/mol. The van der Waals surface area contributed by atoms with Crippen LogP contribution < -0.4 is 10.6 Å². The molecule has 0 spiro atoms. The second-order valence-electron chi connectivity index (χ2n) is 4.83. The fourth-order valence-electron chi connectivity index (χ4n) is 2.63. The molecule has 2 aromatic carbocycles. The Morgan fingerprint density at radius 3 is 2.41 bits per heavy atom. The zero-order valence-corrected chi connectivity index (χ0v) is 9.93. The van der Waals surface area contributed by atoms with Crippen molar-refractivity contribution < 1.29 is 0 Å². The molecule has 86 valence electrons. The van der Waals surface area contributed by atoms with E-state index in [1.807, 2.05) is 18.2 Å². The van der Waals surface area contributed by atoms with Gasteiger partial charge in [0.1, 0.15) is 0 Å². The van der Waals surface area contributed by atoms with Crippen LogP contribution in [0.5, 0.6) is 0 Å². The minimum absolute atomic E-state index is 0.342. The normalized spacial score (nSPS) is 22.6. The van der Waals surface area contributed by atoms with Gasteiger partial charge in [0.15, 0.2) is 0 Å². The maximum absolute atomic E-state index is 6.43. The summed E-state index contributed by atoms with van der Waals surface area (Å²) >= 11 is 0. The van der Waals surface area contributed by atoms with Crippen LogP contribution in [0.1, 0.15) is 12.5 Å². The summed E-state index contributed by atoms with van der Waals surface area (Å²) in [6, 6.07) is 18.8. The number of hydrogen-bond donors (Lipinski definition) is 1. The lowest BCUT2D eigenvalue weighted by atomic mass is 10.1. The van der Waals surface area contributed by atoms with E-state index in [9.17, 15) is 0 Å². The molecule has 0 aromatic heterocycles. The standard InChI is InChI=1S/C15H16N2/c1-15(16)11-12-7-5-6-10-14(12)17(15)13-8-3-2-4-9-13/h2-10H,11,16H2,1H3. The zero-order valence-electron chi connectivity index (χ0n) is 9.93. The van der Waals surface area contributed by atoms with Crippen molar-refractivity contribution in [3.8, 4) is 0 Å². The number of benzene rings is 2. The molecule has 17 heavy (non-hydrogen) atoms. The second-order valence-corrected chi connectivity index (χ2v) is 4.83. The Kier molecular flexibility index (Phi) is 2.20. The minimum Gasteiger partial charge on any atom is -0.323 e. The van der Waals surface area contributed by atoms with Crippen LogP contribution in [0.2, 0.25) is 0 Å². The third kappa shape index (κ3) is 1.61. The van der Waals surface area contributed by atoms with Gasteiger partial charge < -0.3 is 10.6 Å². The average molecular weight is 224 g/mol. The predicted molar refractivity (Wildman–Crippen MR) is 71.3 cm³/mol. The quantitative estimate of drug-likeness (QED) is 0.806. The summed E-state index contributed by atoms with van der Waals surface area (Å²) in [7, 11) is 0. The first-order chi connectivity index (χ1) is 8.18. The fourth-order valence-corrected chi connectivity index (χ4v) is 2.63. The highest BCUT2D eigenvalue weighted by atomic mass is 15.3. The van der Waals surface area contributed by atoms with Gasteiger partial charge >= 0.3 is 0 Å². The van der Waals surface area contributed by atoms with Crippen molar-refractivity contribution in [2.45, 2.75) is 19.0 Å². The van der Waals surface area contributed by atoms with E-state index in [4.69, 9.17) is 5.73 Å². The largest absolute Gasteiger partial charge is 0.323 e. The molecule has 2 heteroatoms. The fraction of sp³-hybridized carbons (Fsp3) is 0.200. The second kappa shape index (κ2) is 3.60. The minimum atomic E-state index is -0.342. The van der Waals surface area contributed by atoms with Crippen LogP contribution in [0.3, 0.4) is 0 Å². The molecule has 1 atom stereocenters. The maximum atomic E-state index is 6.43. The van der Waals surface area contributed by atoms with Crippen molar-refractivity contribution in [3.63, 3.8) is 0 Å². The maximum Gasteiger partial charge on any atom is 0.0945 e. The van der Waals surface area contributed by atoms with Gasteiger partial charge in [-0.15, -0.1) is 0 Å². The summed E-state index contributed by atoms with van der Waals surface area (Å²) in [4.78, 5) is 2.22. The Hall–Kier alpha value is -1.80. The highest BCUT2D eigenvalue weighted by Crippen LogP contribution is 2.41. The summed E-state index contributed by atoms with van der Waals surface area (Å²) in [5.74, 6) is 0. The van der Waals surface area contributed by atoms with Crippen molar-refractivity contribution in [1.82, 2.24) is 0 Å². The summed E-state index contributed by atoms with van der Waals surface area (Å²) in [6.07, 6.45) is 0.887.